The Morgan fingerprint density at radius 2 is 2.00 bits per heavy atom. The van der Waals surface area contributed by atoms with Gasteiger partial charge in [0.25, 0.3) is 0 Å². The first-order valence-electron chi connectivity index (χ1n) is 4.05. The summed E-state index contributed by atoms with van der Waals surface area (Å²) in [6.07, 6.45) is -4.61. The first kappa shape index (κ1) is 13.1. The summed E-state index contributed by atoms with van der Waals surface area (Å²) in [5.74, 6) is -0.245. The zero-order valence-electron chi connectivity index (χ0n) is 8.02. The van der Waals surface area contributed by atoms with Crippen LogP contribution in [0.25, 0.3) is 0 Å². The molecule has 0 heterocycles. The van der Waals surface area contributed by atoms with Crippen LogP contribution in [-0.4, -0.2) is 31.0 Å². The fraction of sp³-hybridized carbons (Fsp3) is 0.750. The van der Waals surface area contributed by atoms with E-state index in [0.717, 1.165) is 0 Å². The quantitative estimate of drug-likeness (QED) is 0.515. The van der Waals surface area contributed by atoms with Gasteiger partial charge >= 0.3 is 6.18 Å². The lowest BCUT2D eigenvalue weighted by molar-refractivity contribution is -0.121. The Morgan fingerprint density at radius 1 is 1.43 bits per heavy atom. The molecule has 0 saturated heterocycles. The van der Waals surface area contributed by atoms with Crippen molar-refractivity contribution in [1.82, 2.24) is 0 Å². The van der Waals surface area contributed by atoms with Crippen molar-refractivity contribution in [1.29, 1.82) is 0 Å². The third-order valence-electron chi connectivity index (χ3n) is 1.31. The molecule has 0 fully saturated rings. The van der Waals surface area contributed by atoms with Gasteiger partial charge in [0.05, 0.1) is 0 Å². The molecule has 0 aromatic rings. The van der Waals surface area contributed by atoms with E-state index in [4.69, 9.17) is 0 Å². The number of hydrogen-bond donors (Lipinski definition) is 0. The summed E-state index contributed by atoms with van der Waals surface area (Å²) in [5, 5.41) is 0. The van der Waals surface area contributed by atoms with Crippen molar-refractivity contribution in [3.05, 3.63) is 0 Å². The molecule has 82 valence electrons. The second-order valence-corrected chi connectivity index (χ2v) is 2.64. The number of ketones is 1. The second kappa shape index (κ2) is 5.74. The predicted octanol–water partition coefficient (Wildman–Crippen LogP) is 1.96. The van der Waals surface area contributed by atoms with Crippen molar-refractivity contribution in [2.75, 3.05) is 13.3 Å². The molecule has 0 amide bonds. The molecule has 0 bridgehead atoms. The molecule has 0 N–H and O–H groups in total. The monoisotopic (exact) mass is 211 g/mol. The number of Topliss-reactive ketones (excluding diaryl/α,β-unsaturated/α-hetero) is 1. The Kier molecular flexibility index (Phi) is 5.37. The molecule has 0 aromatic carbocycles. The van der Waals surface area contributed by atoms with Crippen molar-refractivity contribution in [2.45, 2.75) is 26.4 Å². The number of nitrogens with zero attached hydrogens (tertiary/aromatic N) is 1. The minimum absolute atomic E-state index is 0.201. The highest BCUT2D eigenvalue weighted by molar-refractivity contribution is 5.89. The molecule has 6 heteroatoms. The van der Waals surface area contributed by atoms with Gasteiger partial charge in [-0.3, -0.25) is 9.79 Å². The number of rotatable bonds is 5. The first-order valence-corrected chi connectivity index (χ1v) is 4.05. The minimum Gasteiger partial charge on any atom is -0.352 e. The van der Waals surface area contributed by atoms with E-state index in [-0.39, 0.29) is 18.8 Å². The van der Waals surface area contributed by atoms with E-state index in [1.165, 1.54) is 13.8 Å². The average Bonchev–Trinajstić information content (AvgIpc) is 2.01. The summed E-state index contributed by atoms with van der Waals surface area (Å²) in [5.41, 5.74) is -0.874. The molecule has 0 aliphatic rings. The van der Waals surface area contributed by atoms with Crippen molar-refractivity contribution >= 4 is 11.5 Å². The zero-order chi connectivity index (χ0) is 11.2. The summed E-state index contributed by atoms with van der Waals surface area (Å²) in [4.78, 5) is 13.6. The van der Waals surface area contributed by atoms with E-state index in [0.29, 0.717) is 0 Å². The summed E-state index contributed by atoms with van der Waals surface area (Å²) >= 11 is 0. The third kappa shape index (κ3) is 5.69. The standard InChI is InChI=1S/C8H12F3NO2/c1-3-7(8(9,10)11)12-5-14-4-6(2)13/h3-5H2,1-2H3/b12-7+. The fourth-order valence-electron chi connectivity index (χ4n) is 0.715. The van der Waals surface area contributed by atoms with Crippen LogP contribution in [0.15, 0.2) is 4.99 Å². The molecule has 14 heavy (non-hydrogen) atoms. The molecule has 0 aromatic heterocycles. The van der Waals surface area contributed by atoms with Gasteiger partial charge in [-0.2, -0.15) is 13.2 Å². The lowest BCUT2D eigenvalue weighted by Gasteiger charge is -2.07. The summed E-state index contributed by atoms with van der Waals surface area (Å²) in [6.45, 7) is 2.01. The van der Waals surface area contributed by atoms with Crippen LogP contribution in [0.2, 0.25) is 0 Å². The first-order chi connectivity index (χ1) is 6.38. The summed E-state index contributed by atoms with van der Waals surface area (Å²) in [7, 11) is 0. The molecule has 0 saturated carbocycles. The van der Waals surface area contributed by atoms with Gasteiger partial charge in [0.2, 0.25) is 0 Å². The van der Waals surface area contributed by atoms with Gasteiger partial charge in [-0.25, -0.2) is 0 Å². The molecule has 0 rings (SSSR count). The number of hydrogen-bond acceptors (Lipinski definition) is 3. The van der Waals surface area contributed by atoms with Crippen LogP contribution in [0.3, 0.4) is 0 Å². The molecule has 0 unspecified atom stereocenters. The lowest BCUT2D eigenvalue weighted by atomic mass is 10.3. The van der Waals surface area contributed by atoms with Gasteiger partial charge in [-0.15, -0.1) is 0 Å². The maximum Gasteiger partial charge on any atom is 0.429 e. The molecule has 0 aliphatic heterocycles. The second-order valence-electron chi connectivity index (χ2n) is 2.64. The SMILES string of the molecule is CC/C(=N\COCC(C)=O)C(F)(F)F. The van der Waals surface area contributed by atoms with Crippen LogP contribution in [0.4, 0.5) is 13.2 Å². The predicted molar refractivity (Wildman–Crippen MR) is 45.3 cm³/mol. The van der Waals surface area contributed by atoms with Crippen LogP contribution < -0.4 is 0 Å². The molecule has 0 aliphatic carbocycles. The van der Waals surface area contributed by atoms with Crippen LogP contribution in [0, 0.1) is 0 Å². The fourth-order valence-corrected chi connectivity index (χ4v) is 0.715. The third-order valence-corrected chi connectivity index (χ3v) is 1.31. The van der Waals surface area contributed by atoms with Gasteiger partial charge in [0.1, 0.15) is 19.0 Å². The Hall–Kier alpha value is -0.910. The zero-order valence-corrected chi connectivity index (χ0v) is 8.02. The van der Waals surface area contributed by atoms with Crippen molar-refractivity contribution < 1.29 is 22.7 Å². The number of ether oxygens (including phenoxy) is 1. The normalized spacial score (nSPS) is 13.1. The highest BCUT2D eigenvalue weighted by Crippen LogP contribution is 2.19. The van der Waals surface area contributed by atoms with Crippen LogP contribution in [-0.2, 0) is 9.53 Å². The van der Waals surface area contributed by atoms with Gasteiger partial charge in [-0.05, 0) is 13.3 Å². The van der Waals surface area contributed by atoms with E-state index < -0.39 is 18.6 Å². The summed E-state index contributed by atoms with van der Waals surface area (Å²) in [6, 6.07) is 0. The average molecular weight is 211 g/mol. The molecular formula is C8H12F3NO2. The smallest absolute Gasteiger partial charge is 0.352 e. The van der Waals surface area contributed by atoms with E-state index in [1.54, 1.807) is 0 Å². The van der Waals surface area contributed by atoms with E-state index >= 15 is 0 Å². The number of carbonyl (C=O) groups excluding carboxylic acids is 1. The Morgan fingerprint density at radius 3 is 2.36 bits per heavy atom. The van der Waals surface area contributed by atoms with Gasteiger partial charge in [0, 0.05) is 0 Å². The van der Waals surface area contributed by atoms with Gasteiger partial charge in [0.15, 0.2) is 5.78 Å². The largest absolute Gasteiger partial charge is 0.429 e. The number of aliphatic imine (C=N–C) groups is 1. The van der Waals surface area contributed by atoms with E-state index in [9.17, 15) is 18.0 Å². The van der Waals surface area contributed by atoms with E-state index in [2.05, 4.69) is 9.73 Å². The maximum absolute atomic E-state index is 12.1. The molecule has 0 radical (unpaired) electrons. The number of halogens is 3. The minimum atomic E-state index is -4.41. The number of carbonyl (C=O) groups is 1. The molecule has 0 spiro atoms. The molecule has 3 nitrogen and oxygen atoms in total. The Labute approximate surface area is 80.0 Å². The van der Waals surface area contributed by atoms with Crippen LogP contribution >= 0.6 is 0 Å². The molecule has 0 atom stereocenters. The summed E-state index contributed by atoms with van der Waals surface area (Å²) < 4.78 is 40.7. The van der Waals surface area contributed by atoms with E-state index in [1.807, 2.05) is 0 Å². The van der Waals surface area contributed by atoms with Gasteiger partial charge in [-0.1, -0.05) is 6.92 Å². The lowest BCUT2D eigenvalue weighted by Crippen LogP contribution is -2.22. The van der Waals surface area contributed by atoms with Crippen LogP contribution in [0.5, 0.6) is 0 Å². The van der Waals surface area contributed by atoms with Crippen molar-refractivity contribution in [3.63, 3.8) is 0 Å². The van der Waals surface area contributed by atoms with Crippen LogP contribution in [0.1, 0.15) is 20.3 Å². The van der Waals surface area contributed by atoms with Crippen molar-refractivity contribution in [2.24, 2.45) is 4.99 Å². The maximum atomic E-state index is 12.1. The molecular weight excluding hydrogens is 199 g/mol. The van der Waals surface area contributed by atoms with Gasteiger partial charge < -0.3 is 4.74 Å². The number of alkyl halides is 3. The Balaban J connectivity index is 4.01. The highest BCUT2D eigenvalue weighted by Gasteiger charge is 2.33. The highest BCUT2D eigenvalue weighted by atomic mass is 19.4. The van der Waals surface area contributed by atoms with Crippen molar-refractivity contribution in [3.8, 4) is 0 Å². The Bertz CT molecular complexity index is 223. The topological polar surface area (TPSA) is 38.7 Å².